The highest BCUT2D eigenvalue weighted by Crippen LogP contribution is 2.26. The summed E-state index contributed by atoms with van der Waals surface area (Å²) in [7, 11) is 0. The van der Waals surface area contributed by atoms with Crippen LogP contribution in [0.1, 0.15) is 29.6 Å². The minimum absolute atomic E-state index is 0.284. The Kier molecular flexibility index (Phi) is 4.54. The van der Waals surface area contributed by atoms with Gasteiger partial charge in [0.25, 0.3) is 11.5 Å². The number of amides is 1. The summed E-state index contributed by atoms with van der Waals surface area (Å²) in [6.07, 6.45) is 3.67. The van der Waals surface area contributed by atoms with Crippen LogP contribution in [0.2, 0.25) is 0 Å². The van der Waals surface area contributed by atoms with E-state index in [2.05, 4.69) is 15.2 Å². The molecule has 0 atom stereocenters. The zero-order valence-corrected chi connectivity index (χ0v) is 14.9. The lowest BCUT2D eigenvalue weighted by atomic mass is 10.1. The molecule has 2 aromatic carbocycles. The zero-order chi connectivity index (χ0) is 18.8. The molecule has 0 spiro atoms. The van der Waals surface area contributed by atoms with Crippen molar-refractivity contribution in [2.45, 2.75) is 19.3 Å². The van der Waals surface area contributed by atoms with Gasteiger partial charge >= 0.3 is 0 Å². The normalized spacial score (nSPS) is 14.3. The third kappa shape index (κ3) is 3.38. The van der Waals surface area contributed by atoms with Gasteiger partial charge in [-0.1, -0.05) is 12.1 Å². The lowest BCUT2D eigenvalue weighted by Crippen LogP contribution is -2.29. The minimum Gasteiger partial charge on any atom is -0.506 e. The second-order valence-electron chi connectivity index (χ2n) is 6.77. The summed E-state index contributed by atoms with van der Waals surface area (Å²) in [5, 5.41) is 13.5. The molecule has 1 saturated heterocycles. The van der Waals surface area contributed by atoms with E-state index in [0.717, 1.165) is 18.8 Å². The highest BCUT2D eigenvalue weighted by atomic mass is 16.3. The molecular weight excluding hydrogens is 342 g/mol. The van der Waals surface area contributed by atoms with Crippen LogP contribution < -0.4 is 15.8 Å². The maximum Gasteiger partial charge on any atom is 0.265 e. The van der Waals surface area contributed by atoms with Crippen LogP contribution in [0.5, 0.6) is 5.75 Å². The fraction of sp³-hybridized carbons (Fsp3) is 0.238. The number of hydrogen-bond acceptors (Lipinski definition) is 4. The molecule has 1 aliphatic rings. The molecule has 0 saturated carbocycles. The molecule has 2 heterocycles. The molecule has 1 aromatic heterocycles. The standard InChI is InChI=1S/C21H21N3O3/c25-19-16-6-2-3-7-17(16)23-21(27)18(19)20(26)22-14-8-10-15(11-9-14)24-12-4-1-5-13-24/h2-3,6-11H,1,4-5,12-13H2,(H,22,26)(H2,23,25,27). The van der Waals surface area contributed by atoms with E-state index in [1.165, 1.54) is 19.3 Å². The van der Waals surface area contributed by atoms with Gasteiger partial charge in [-0.25, -0.2) is 0 Å². The fourth-order valence-corrected chi connectivity index (χ4v) is 3.54. The number of fused-ring (bicyclic) bond motifs is 1. The van der Waals surface area contributed by atoms with Gasteiger partial charge in [0.2, 0.25) is 0 Å². The molecular formula is C21H21N3O3. The molecule has 6 heteroatoms. The van der Waals surface area contributed by atoms with Crippen LogP contribution in [0.4, 0.5) is 11.4 Å². The third-order valence-electron chi connectivity index (χ3n) is 4.97. The second kappa shape index (κ2) is 7.15. The van der Waals surface area contributed by atoms with E-state index in [-0.39, 0.29) is 11.3 Å². The average molecular weight is 363 g/mol. The Morgan fingerprint density at radius 1 is 1.00 bits per heavy atom. The number of para-hydroxylation sites is 1. The molecule has 0 radical (unpaired) electrons. The van der Waals surface area contributed by atoms with Gasteiger partial charge in [-0.2, -0.15) is 0 Å². The Morgan fingerprint density at radius 3 is 2.44 bits per heavy atom. The second-order valence-corrected chi connectivity index (χ2v) is 6.77. The van der Waals surface area contributed by atoms with Crippen molar-refractivity contribution in [3.8, 4) is 5.75 Å². The Balaban J connectivity index is 1.57. The highest BCUT2D eigenvalue weighted by molar-refractivity contribution is 6.08. The number of carbonyl (C=O) groups excluding carboxylic acids is 1. The lowest BCUT2D eigenvalue weighted by Gasteiger charge is -2.28. The van der Waals surface area contributed by atoms with E-state index >= 15 is 0 Å². The fourth-order valence-electron chi connectivity index (χ4n) is 3.54. The van der Waals surface area contributed by atoms with Crippen LogP contribution in [-0.2, 0) is 0 Å². The SMILES string of the molecule is O=C(Nc1ccc(N2CCCCC2)cc1)c1c(O)c2ccccc2[nH]c1=O. The lowest BCUT2D eigenvalue weighted by molar-refractivity contribution is 0.102. The summed E-state index contributed by atoms with van der Waals surface area (Å²) < 4.78 is 0. The number of aromatic nitrogens is 1. The van der Waals surface area contributed by atoms with Gasteiger partial charge in [0.05, 0.1) is 5.52 Å². The molecule has 1 fully saturated rings. The largest absolute Gasteiger partial charge is 0.506 e. The van der Waals surface area contributed by atoms with Crippen molar-refractivity contribution in [1.82, 2.24) is 4.98 Å². The smallest absolute Gasteiger partial charge is 0.265 e. The molecule has 3 aromatic rings. The van der Waals surface area contributed by atoms with E-state index < -0.39 is 11.5 Å². The van der Waals surface area contributed by atoms with Gasteiger partial charge in [0, 0.05) is 29.9 Å². The summed E-state index contributed by atoms with van der Waals surface area (Å²) in [4.78, 5) is 29.8. The maximum absolute atomic E-state index is 12.6. The van der Waals surface area contributed by atoms with E-state index in [1.54, 1.807) is 24.3 Å². The Morgan fingerprint density at radius 2 is 1.70 bits per heavy atom. The monoisotopic (exact) mass is 363 g/mol. The van der Waals surface area contributed by atoms with Gasteiger partial charge in [0.1, 0.15) is 11.3 Å². The molecule has 27 heavy (non-hydrogen) atoms. The Labute approximate surface area is 156 Å². The van der Waals surface area contributed by atoms with Crippen LogP contribution in [-0.4, -0.2) is 29.1 Å². The number of pyridine rings is 1. The van der Waals surface area contributed by atoms with Crippen LogP contribution in [0.25, 0.3) is 10.9 Å². The number of benzene rings is 2. The number of aromatic amines is 1. The van der Waals surface area contributed by atoms with Crippen molar-refractivity contribution in [1.29, 1.82) is 0 Å². The van der Waals surface area contributed by atoms with Gasteiger partial charge in [-0.15, -0.1) is 0 Å². The molecule has 4 rings (SSSR count). The minimum atomic E-state index is -0.634. The van der Waals surface area contributed by atoms with Gasteiger partial charge in [0.15, 0.2) is 0 Å². The summed E-state index contributed by atoms with van der Waals surface area (Å²) in [5.74, 6) is -0.943. The first kappa shape index (κ1) is 17.1. The van der Waals surface area contributed by atoms with Crippen molar-refractivity contribution in [2.75, 3.05) is 23.3 Å². The summed E-state index contributed by atoms with van der Waals surface area (Å²) >= 11 is 0. The molecule has 3 N–H and O–H groups in total. The number of piperidine rings is 1. The van der Waals surface area contributed by atoms with E-state index in [0.29, 0.717) is 16.6 Å². The first-order valence-corrected chi connectivity index (χ1v) is 9.14. The molecule has 0 unspecified atom stereocenters. The number of H-pyrrole nitrogens is 1. The predicted octanol–water partition coefficient (Wildman–Crippen LogP) is 3.48. The summed E-state index contributed by atoms with van der Waals surface area (Å²) in [5.41, 5.74) is 1.29. The molecule has 1 amide bonds. The van der Waals surface area contributed by atoms with Gasteiger partial charge in [-0.05, 0) is 55.7 Å². The summed E-state index contributed by atoms with van der Waals surface area (Å²) in [6, 6.07) is 14.4. The van der Waals surface area contributed by atoms with Crippen LogP contribution in [0, 0.1) is 0 Å². The number of rotatable bonds is 3. The molecule has 1 aliphatic heterocycles. The molecule has 6 nitrogen and oxygen atoms in total. The van der Waals surface area contributed by atoms with E-state index in [1.807, 2.05) is 24.3 Å². The molecule has 0 bridgehead atoms. The third-order valence-corrected chi connectivity index (χ3v) is 4.97. The Bertz CT molecular complexity index is 1030. The number of nitrogens with one attached hydrogen (secondary N) is 2. The molecule has 0 aliphatic carbocycles. The van der Waals surface area contributed by atoms with E-state index in [9.17, 15) is 14.7 Å². The van der Waals surface area contributed by atoms with Crippen LogP contribution >= 0.6 is 0 Å². The number of carbonyl (C=O) groups is 1. The zero-order valence-electron chi connectivity index (χ0n) is 14.9. The average Bonchev–Trinajstić information content (AvgIpc) is 2.69. The van der Waals surface area contributed by atoms with E-state index in [4.69, 9.17) is 0 Å². The van der Waals surface area contributed by atoms with Crippen molar-refractivity contribution >= 4 is 28.2 Å². The number of anilines is 2. The predicted molar refractivity (Wildman–Crippen MR) is 107 cm³/mol. The Hall–Kier alpha value is -3.28. The first-order chi connectivity index (χ1) is 13.1. The highest BCUT2D eigenvalue weighted by Gasteiger charge is 2.19. The summed E-state index contributed by atoms with van der Waals surface area (Å²) in [6.45, 7) is 2.10. The molecule has 138 valence electrons. The maximum atomic E-state index is 12.6. The van der Waals surface area contributed by atoms with Crippen molar-refractivity contribution in [3.05, 3.63) is 64.4 Å². The topological polar surface area (TPSA) is 85.4 Å². The number of hydrogen-bond donors (Lipinski definition) is 3. The van der Waals surface area contributed by atoms with Crippen LogP contribution in [0.15, 0.2) is 53.3 Å². The van der Waals surface area contributed by atoms with Gasteiger partial charge in [-0.3, -0.25) is 9.59 Å². The van der Waals surface area contributed by atoms with Crippen molar-refractivity contribution in [2.24, 2.45) is 0 Å². The number of nitrogens with zero attached hydrogens (tertiary/aromatic N) is 1. The number of aromatic hydroxyl groups is 1. The van der Waals surface area contributed by atoms with Crippen LogP contribution in [0.3, 0.4) is 0 Å². The first-order valence-electron chi connectivity index (χ1n) is 9.14. The van der Waals surface area contributed by atoms with Gasteiger partial charge < -0.3 is 20.3 Å². The quantitative estimate of drug-likeness (QED) is 0.665. The van der Waals surface area contributed by atoms with Crippen molar-refractivity contribution in [3.63, 3.8) is 0 Å². The van der Waals surface area contributed by atoms with Crippen molar-refractivity contribution < 1.29 is 9.90 Å².